The topological polar surface area (TPSA) is 131 Å². The molecule has 2 rings (SSSR count). The maximum Gasteiger partial charge on any atom is 0.416 e. The van der Waals surface area contributed by atoms with Crippen LogP contribution in [0.4, 0.5) is 18.9 Å². The summed E-state index contributed by atoms with van der Waals surface area (Å²) >= 11 is 0. The lowest BCUT2D eigenvalue weighted by Crippen LogP contribution is -2.31. The number of sulfonamides is 1. The number of Topliss-reactive ketones (excluding diaryl/α,β-unsaturated/α-hetero) is 1. The van der Waals surface area contributed by atoms with E-state index in [0.29, 0.717) is 10.4 Å². The third-order valence-electron chi connectivity index (χ3n) is 4.53. The number of esters is 1. The average Bonchev–Trinajstić information content (AvgIpc) is 2.80. The van der Waals surface area contributed by atoms with Crippen molar-refractivity contribution in [2.24, 2.45) is 5.73 Å². The zero-order chi connectivity index (χ0) is 26.4. The first kappa shape index (κ1) is 27.1. The van der Waals surface area contributed by atoms with Crippen LogP contribution in [0.5, 0.6) is 0 Å². The van der Waals surface area contributed by atoms with Crippen molar-refractivity contribution in [1.82, 2.24) is 0 Å². The molecule has 2 aromatic rings. The molecule has 0 spiro atoms. The molecule has 35 heavy (non-hydrogen) atoms. The van der Waals surface area contributed by atoms with E-state index in [1.54, 1.807) is 6.07 Å². The number of carbonyl (C=O) groups is 2. The van der Waals surface area contributed by atoms with E-state index in [2.05, 4.69) is 6.58 Å². The SMILES string of the molecule is C=CCN(c1cccc(C(F)(F)F)c1)S(=O)(=O)c1cccc(C(=O)OCC(=O)/C(C#N)=C(/C)N)c1. The van der Waals surface area contributed by atoms with Gasteiger partial charge in [-0.05, 0) is 43.3 Å². The van der Waals surface area contributed by atoms with E-state index < -0.39 is 45.0 Å². The van der Waals surface area contributed by atoms with Crippen molar-refractivity contribution in [3.63, 3.8) is 0 Å². The molecule has 8 nitrogen and oxygen atoms in total. The molecular weight excluding hydrogens is 487 g/mol. The van der Waals surface area contributed by atoms with Gasteiger partial charge in [-0.25, -0.2) is 13.2 Å². The molecule has 0 bridgehead atoms. The lowest BCUT2D eigenvalue weighted by molar-refractivity contribution is -0.137. The van der Waals surface area contributed by atoms with Crippen molar-refractivity contribution in [3.05, 3.63) is 83.6 Å². The normalized spacial score (nSPS) is 12.2. The van der Waals surface area contributed by atoms with Crippen molar-refractivity contribution in [1.29, 1.82) is 5.26 Å². The largest absolute Gasteiger partial charge is 0.454 e. The maximum atomic E-state index is 13.3. The van der Waals surface area contributed by atoms with Gasteiger partial charge in [0.15, 0.2) is 6.61 Å². The Morgan fingerprint density at radius 2 is 1.86 bits per heavy atom. The number of halogens is 3. The van der Waals surface area contributed by atoms with E-state index in [1.807, 2.05) is 0 Å². The number of hydrogen-bond acceptors (Lipinski definition) is 7. The number of alkyl halides is 3. The molecule has 0 aromatic heterocycles. The highest BCUT2D eigenvalue weighted by Crippen LogP contribution is 2.33. The predicted octanol–water partition coefficient (Wildman–Crippen LogP) is 3.57. The van der Waals surface area contributed by atoms with Crippen molar-refractivity contribution < 1.29 is 35.9 Å². The molecule has 12 heteroatoms. The molecule has 184 valence electrons. The van der Waals surface area contributed by atoms with Crippen molar-refractivity contribution in [2.45, 2.75) is 18.0 Å². The monoisotopic (exact) mass is 507 g/mol. The molecule has 0 saturated heterocycles. The van der Waals surface area contributed by atoms with Crippen molar-refractivity contribution >= 4 is 27.5 Å². The van der Waals surface area contributed by atoms with Gasteiger partial charge in [0.05, 0.1) is 28.3 Å². The molecule has 0 fully saturated rings. The highest BCUT2D eigenvalue weighted by Gasteiger charge is 2.32. The fraction of sp³-hybridized carbons (Fsp3) is 0.174. The van der Waals surface area contributed by atoms with Gasteiger partial charge in [0.1, 0.15) is 11.6 Å². The number of ether oxygens (including phenoxy) is 1. The van der Waals surface area contributed by atoms with Gasteiger partial charge in [-0.15, -0.1) is 6.58 Å². The number of nitriles is 1. The third kappa shape index (κ3) is 6.48. The smallest absolute Gasteiger partial charge is 0.416 e. The number of anilines is 1. The van der Waals surface area contributed by atoms with Crippen LogP contribution in [-0.4, -0.2) is 33.3 Å². The second kappa shape index (κ2) is 10.9. The summed E-state index contributed by atoms with van der Waals surface area (Å²) in [7, 11) is -4.44. The minimum atomic E-state index is -4.69. The van der Waals surface area contributed by atoms with E-state index in [1.165, 1.54) is 31.2 Å². The number of nitrogens with two attached hydrogens (primary N) is 1. The Hall–Kier alpha value is -4.11. The Kier molecular flexibility index (Phi) is 8.43. The Balaban J connectivity index is 2.37. The molecular formula is C23H20F3N3O5S. The van der Waals surface area contributed by atoms with Gasteiger partial charge in [-0.1, -0.05) is 18.2 Å². The van der Waals surface area contributed by atoms with E-state index in [9.17, 15) is 31.2 Å². The first-order chi connectivity index (χ1) is 16.3. The van der Waals surface area contributed by atoms with E-state index in [0.717, 1.165) is 24.3 Å². The first-order valence-electron chi connectivity index (χ1n) is 9.80. The highest BCUT2D eigenvalue weighted by molar-refractivity contribution is 7.92. The molecule has 0 aliphatic carbocycles. The highest BCUT2D eigenvalue weighted by atomic mass is 32.2. The Labute approximate surface area is 199 Å². The van der Waals surface area contributed by atoms with Crippen molar-refractivity contribution in [3.8, 4) is 6.07 Å². The molecule has 2 aromatic carbocycles. The summed E-state index contributed by atoms with van der Waals surface area (Å²) < 4.78 is 71.5. The molecule has 0 aliphatic heterocycles. The Bertz CT molecular complexity index is 1320. The van der Waals surface area contributed by atoms with Gasteiger partial charge in [-0.2, -0.15) is 18.4 Å². The molecule has 0 heterocycles. The van der Waals surface area contributed by atoms with Gasteiger partial charge in [0.25, 0.3) is 10.0 Å². The molecule has 0 radical (unpaired) electrons. The van der Waals surface area contributed by atoms with Crippen molar-refractivity contribution in [2.75, 3.05) is 17.5 Å². The van der Waals surface area contributed by atoms with Crippen LogP contribution < -0.4 is 10.0 Å². The van der Waals surface area contributed by atoms with Gasteiger partial charge < -0.3 is 10.5 Å². The summed E-state index contributed by atoms with van der Waals surface area (Å²) in [6, 6.07) is 9.92. The number of ketones is 1. The standard InChI is InChI=1S/C23H20F3N3O5S/c1-3-10-29(18-8-5-7-17(12-18)23(24,25)26)35(32,33)19-9-4-6-16(11-19)22(31)34-14-21(30)20(13-27)15(2)28/h3-9,11-12H,1,10,14,28H2,2H3/b20-15-. The second-order valence-electron chi connectivity index (χ2n) is 7.07. The van der Waals surface area contributed by atoms with Crippen LogP contribution >= 0.6 is 0 Å². The Morgan fingerprint density at radius 3 is 2.43 bits per heavy atom. The van der Waals surface area contributed by atoms with Crippen LogP contribution in [0.1, 0.15) is 22.8 Å². The Morgan fingerprint density at radius 1 is 1.20 bits per heavy atom. The molecule has 2 N–H and O–H groups in total. The fourth-order valence-electron chi connectivity index (χ4n) is 2.86. The first-order valence-corrected chi connectivity index (χ1v) is 11.2. The van der Waals surface area contributed by atoms with Crippen LogP contribution in [0.2, 0.25) is 0 Å². The predicted molar refractivity (Wildman–Crippen MR) is 120 cm³/mol. The summed E-state index contributed by atoms with van der Waals surface area (Å²) in [4.78, 5) is 23.9. The molecule has 0 amide bonds. The molecule has 0 atom stereocenters. The van der Waals surface area contributed by atoms with Crippen LogP contribution in [0.15, 0.2) is 77.4 Å². The summed E-state index contributed by atoms with van der Waals surface area (Å²) in [5.74, 6) is -1.90. The second-order valence-corrected chi connectivity index (χ2v) is 8.93. The zero-order valence-corrected chi connectivity index (χ0v) is 19.2. The zero-order valence-electron chi connectivity index (χ0n) is 18.4. The van der Waals surface area contributed by atoms with Gasteiger partial charge in [-0.3, -0.25) is 9.10 Å². The molecule has 0 unspecified atom stereocenters. The summed E-state index contributed by atoms with van der Waals surface area (Å²) in [6.45, 7) is 3.62. The maximum absolute atomic E-state index is 13.3. The molecule has 0 aliphatic rings. The lowest BCUT2D eigenvalue weighted by atomic mass is 10.1. The van der Waals surface area contributed by atoms with Crippen LogP contribution in [0.3, 0.4) is 0 Å². The number of nitrogens with zero attached hydrogens (tertiary/aromatic N) is 2. The number of benzene rings is 2. The minimum Gasteiger partial charge on any atom is -0.454 e. The number of hydrogen-bond donors (Lipinski definition) is 1. The third-order valence-corrected chi connectivity index (χ3v) is 6.32. The summed E-state index contributed by atoms with van der Waals surface area (Å²) in [6.07, 6.45) is -3.50. The fourth-order valence-corrected chi connectivity index (χ4v) is 4.34. The van der Waals surface area contributed by atoms with Gasteiger partial charge in [0.2, 0.25) is 5.78 Å². The minimum absolute atomic E-state index is 0.0569. The summed E-state index contributed by atoms with van der Waals surface area (Å²) in [5.41, 5.74) is 3.44. The average molecular weight is 507 g/mol. The van der Waals surface area contributed by atoms with Crippen LogP contribution in [0, 0.1) is 11.3 Å². The van der Waals surface area contributed by atoms with Crippen LogP contribution in [0.25, 0.3) is 0 Å². The van der Waals surface area contributed by atoms with E-state index in [4.69, 9.17) is 15.7 Å². The van der Waals surface area contributed by atoms with Gasteiger partial charge in [0, 0.05) is 5.70 Å². The number of allylic oxidation sites excluding steroid dienone is 1. The van der Waals surface area contributed by atoms with E-state index in [-0.39, 0.29) is 29.1 Å². The lowest BCUT2D eigenvalue weighted by Gasteiger charge is -2.24. The van der Waals surface area contributed by atoms with Crippen LogP contribution in [-0.2, 0) is 25.7 Å². The van der Waals surface area contributed by atoms with E-state index >= 15 is 0 Å². The van der Waals surface area contributed by atoms with Gasteiger partial charge >= 0.3 is 12.1 Å². The number of rotatable bonds is 9. The summed E-state index contributed by atoms with van der Waals surface area (Å²) in [5, 5.41) is 8.94. The number of carbonyl (C=O) groups excluding carboxylic acids is 2. The quantitative estimate of drug-likeness (QED) is 0.238. The molecule has 0 saturated carbocycles.